The van der Waals surface area contributed by atoms with Crippen LogP contribution in [0.25, 0.3) is 0 Å². The van der Waals surface area contributed by atoms with Crippen LogP contribution in [0.4, 0.5) is 0 Å². The zero-order chi connectivity index (χ0) is 15.6. The third-order valence-electron chi connectivity index (χ3n) is 6.77. The Labute approximate surface area is 128 Å². The van der Waals surface area contributed by atoms with Gasteiger partial charge < -0.3 is 0 Å². The van der Waals surface area contributed by atoms with Crippen molar-refractivity contribution in [2.45, 2.75) is 65.8 Å². The van der Waals surface area contributed by atoms with E-state index in [1.165, 1.54) is 4.31 Å². The van der Waals surface area contributed by atoms with E-state index in [9.17, 15) is 13.2 Å². The van der Waals surface area contributed by atoms with Crippen molar-refractivity contribution in [3.8, 4) is 0 Å². The van der Waals surface area contributed by atoms with Gasteiger partial charge in [-0.2, -0.15) is 0 Å². The molecule has 4 nitrogen and oxygen atoms in total. The van der Waals surface area contributed by atoms with Crippen LogP contribution in [-0.4, -0.2) is 30.4 Å². The number of hydrogen-bond acceptors (Lipinski definition) is 3. The summed E-state index contributed by atoms with van der Waals surface area (Å²) >= 11 is 0. The molecule has 1 amide bonds. The second-order valence-electron chi connectivity index (χ2n) is 7.94. The second kappa shape index (κ2) is 4.46. The molecule has 2 bridgehead atoms. The number of hydrogen-bond donors (Lipinski definition) is 0. The molecule has 5 heteroatoms. The van der Waals surface area contributed by atoms with Gasteiger partial charge in [0, 0.05) is 11.3 Å². The number of rotatable bonds is 3. The highest BCUT2D eigenvalue weighted by atomic mass is 32.2. The van der Waals surface area contributed by atoms with E-state index in [4.69, 9.17) is 0 Å². The average Bonchev–Trinajstić information content (AvgIpc) is 2.85. The minimum atomic E-state index is -3.44. The third-order valence-corrected chi connectivity index (χ3v) is 8.69. The average molecular weight is 313 g/mol. The summed E-state index contributed by atoms with van der Waals surface area (Å²) in [5.74, 6) is 0.387. The molecule has 0 N–H and O–H groups in total. The van der Waals surface area contributed by atoms with E-state index < -0.39 is 10.0 Å². The van der Waals surface area contributed by atoms with Crippen LogP contribution in [0.1, 0.15) is 59.8 Å². The maximum Gasteiger partial charge on any atom is 0.239 e. The van der Waals surface area contributed by atoms with Gasteiger partial charge in [-0.25, -0.2) is 12.7 Å². The fourth-order valence-electron chi connectivity index (χ4n) is 5.35. The maximum absolute atomic E-state index is 12.7. The zero-order valence-corrected chi connectivity index (χ0v) is 14.4. The Balaban J connectivity index is 1.99. The number of carbonyl (C=O) groups excluding carboxylic acids is 1. The first kappa shape index (κ1) is 15.3. The summed E-state index contributed by atoms with van der Waals surface area (Å²) in [5, 5.41) is 0. The van der Waals surface area contributed by atoms with Crippen LogP contribution in [0, 0.1) is 22.7 Å². The molecule has 2 aliphatic carbocycles. The van der Waals surface area contributed by atoms with Crippen molar-refractivity contribution in [1.29, 1.82) is 0 Å². The highest BCUT2D eigenvalue weighted by Crippen LogP contribution is 2.70. The Hall–Kier alpha value is -0.580. The van der Waals surface area contributed by atoms with Crippen LogP contribution in [0.15, 0.2) is 0 Å². The van der Waals surface area contributed by atoms with E-state index in [1.54, 1.807) is 0 Å². The lowest BCUT2D eigenvalue weighted by Gasteiger charge is -2.37. The Morgan fingerprint density at radius 1 is 1.38 bits per heavy atom. The van der Waals surface area contributed by atoms with Crippen molar-refractivity contribution in [3.05, 3.63) is 0 Å². The quantitative estimate of drug-likeness (QED) is 0.805. The van der Waals surface area contributed by atoms with Gasteiger partial charge in [-0.1, -0.05) is 34.1 Å². The van der Waals surface area contributed by atoms with Gasteiger partial charge in [-0.3, -0.25) is 4.79 Å². The highest BCUT2D eigenvalue weighted by Gasteiger charge is 2.72. The molecular formula is C16H27NO3S. The van der Waals surface area contributed by atoms with E-state index in [1.807, 2.05) is 13.8 Å². The van der Waals surface area contributed by atoms with Crippen molar-refractivity contribution in [2.75, 3.05) is 5.75 Å². The minimum absolute atomic E-state index is 0.0355. The molecule has 3 fully saturated rings. The zero-order valence-electron chi connectivity index (χ0n) is 13.6. The molecular weight excluding hydrogens is 286 g/mol. The lowest BCUT2D eigenvalue weighted by atomic mass is 9.69. The molecule has 0 aromatic heterocycles. The smallest absolute Gasteiger partial charge is 0.239 e. The van der Waals surface area contributed by atoms with E-state index in [0.717, 1.165) is 32.1 Å². The molecule has 21 heavy (non-hydrogen) atoms. The number of carbonyl (C=O) groups is 1. The molecule has 1 spiro atoms. The molecule has 2 saturated carbocycles. The fraction of sp³-hybridized carbons (Fsp3) is 0.938. The molecule has 1 aliphatic heterocycles. The normalized spacial score (nSPS) is 40.3. The van der Waals surface area contributed by atoms with Gasteiger partial charge in [0.05, 0.1) is 11.8 Å². The lowest BCUT2D eigenvalue weighted by molar-refractivity contribution is -0.132. The monoisotopic (exact) mass is 313 g/mol. The van der Waals surface area contributed by atoms with Gasteiger partial charge in [-0.15, -0.1) is 0 Å². The first-order valence-corrected chi connectivity index (χ1v) is 9.84. The summed E-state index contributed by atoms with van der Waals surface area (Å²) in [6.45, 7) is 8.32. The standard InChI is InChI=1S/C16H27NO3S/c1-5-6-11(2)14(18)17-13-9-12-7-8-16(13,15(12,3)4)10-21(17,19)20/h11-13H,5-10H2,1-4H3/t11-,12-,13-,16+/m1/s1. The molecule has 120 valence electrons. The first-order chi connectivity index (χ1) is 9.67. The molecule has 0 unspecified atom stereocenters. The van der Waals surface area contributed by atoms with Crippen LogP contribution in [0.5, 0.6) is 0 Å². The van der Waals surface area contributed by atoms with Crippen LogP contribution >= 0.6 is 0 Å². The number of sulfonamides is 1. The van der Waals surface area contributed by atoms with E-state index >= 15 is 0 Å². The predicted octanol–water partition coefficient (Wildman–Crippen LogP) is 2.79. The summed E-state index contributed by atoms with van der Waals surface area (Å²) in [6.07, 6.45) is 4.62. The molecule has 1 heterocycles. The predicted molar refractivity (Wildman–Crippen MR) is 82.0 cm³/mol. The summed E-state index contributed by atoms with van der Waals surface area (Å²) < 4.78 is 26.7. The molecule has 0 aromatic rings. The molecule has 4 atom stereocenters. The summed E-state index contributed by atoms with van der Waals surface area (Å²) in [4.78, 5) is 12.7. The summed E-state index contributed by atoms with van der Waals surface area (Å²) in [6, 6.07) is -0.0805. The van der Waals surface area contributed by atoms with Gasteiger partial charge >= 0.3 is 0 Å². The van der Waals surface area contributed by atoms with Gasteiger partial charge in [0.15, 0.2) is 0 Å². The first-order valence-electron chi connectivity index (χ1n) is 8.23. The molecule has 3 aliphatic rings. The number of fused-ring (bicyclic) bond motifs is 1. The third kappa shape index (κ3) is 1.79. The van der Waals surface area contributed by atoms with Crippen LogP contribution in [-0.2, 0) is 14.8 Å². The second-order valence-corrected chi connectivity index (χ2v) is 9.79. The van der Waals surface area contributed by atoms with E-state index in [0.29, 0.717) is 5.92 Å². The lowest BCUT2D eigenvalue weighted by Crippen LogP contribution is -2.45. The van der Waals surface area contributed by atoms with Crippen LogP contribution < -0.4 is 0 Å². The Bertz CT molecular complexity index is 568. The highest BCUT2D eigenvalue weighted by molar-refractivity contribution is 7.90. The Morgan fingerprint density at radius 2 is 2.05 bits per heavy atom. The van der Waals surface area contributed by atoms with Crippen molar-refractivity contribution >= 4 is 15.9 Å². The van der Waals surface area contributed by atoms with Crippen molar-refractivity contribution in [2.24, 2.45) is 22.7 Å². The SMILES string of the molecule is CCC[C@@H](C)C(=O)N1[C@@H]2C[C@H]3CC[C@@]2(CS1(=O)=O)C3(C)C. The Kier molecular flexibility index (Phi) is 3.26. The molecule has 0 aromatic carbocycles. The van der Waals surface area contributed by atoms with Crippen molar-refractivity contribution in [1.82, 2.24) is 4.31 Å². The Morgan fingerprint density at radius 3 is 2.62 bits per heavy atom. The van der Waals surface area contributed by atoms with E-state index in [2.05, 4.69) is 13.8 Å². The van der Waals surface area contributed by atoms with Gasteiger partial charge in [-0.05, 0) is 37.0 Å². The topological polar surface area (TPSA) is 54.5 Å². The van der Waals surface area contributed by atoms with Crippen LogP contribution in [0.3, 0.4) is 0 Å². The van der Waals surface area contributed by atoms with E-state index in [-0.39, 0.29) is 34.4 Å². The molecule has 3 rings (SSSR count). The fourth-order valence-corrected chi connectivity index (χ4v) is 7.98. The van der Waals surface area contributed by atoms with Gasteiger partial charge in [0.2, 0.25) is 15.9 Å². The number of nitrogens with zero attached hydrogens (tertiary/aromatic N) is 1. The van der Waals surface area contributed by atoms with Crippen LogP contribution in [0.2, 0.25) is 0 Å². The largest absolute Gasteiger partial charge is 0.273 e. The minimum Gasteiger partial charge on any atom is -0.273 e. The summed E-state index contributed by atoms with van der Waals surface area (Å²) in [5.41, 5.74) is -0.161. The molecule has 1 saturated heterocycles. The van der Waals surface area contributed by atoms with Crippen molar-refractivity contribution < 1.29 is 13.2 Å². The maximum atomic E-state index is 12.7. The van der Waals surface area contributed by atoms with Gasteiger partial charge in [0.1, 0.15) is 0 Å². The summed E-state index contributed by atoms with van der Waals surface area (Å²) in [7, 11) is -3.44. The number of amides is 1. The van der Waals surface area contributed by atoms with Crippen molar-refractivity contribution in [3.63, 3.8) is 0 Å². The van der Waals surface area contributed by atoms with Gasteiger partial charge in [0.25, 0.3) is 0 Å². The molecule has 0 radical (unpaired) electrons.